The van der Waals surface area contributed by atoms with Gasteiger partial charge in [0.1, 0.15) is 0 Å². The minimum absolute atomic E-state index is 0.0237. The van der Waals surface area contributed by atoms with E-state index in [0.29, 0.717) is 22.0 Å². The molecule has 0 aliphatic carbocycles. The normalized spacial score (nSPS) is 12.7. The van der Waals surface area contributed by atoms with E-state index in [1.165, 1.54) is 11.8 Å². The second-order valence-corrected chi connectivity index (χ2v) is 8.71. The van der Waals surface area contributed by atoms with E-state index in [1.54, 1.807) is 4.57 Å². The van der Waals surface area contributed by atoms with Crippen molar-refractivity contribution in [1.29, 1.82) is 0 Å². The lowest BCUT2D eigenvalue weighted by atomic mass is 10.0. The summed E-state index contributed by atoms with van der Waals surface area (Å²) in [6.45, 7) is 10.4. The van der Waals surface area contributed by atoms with Crippen molar-refractivity contribution in [1.82, 2.24) is 14.9 Å². The number of para-hydroxylation sites is 1. The number of hydrogen-bond acceptors (Lipinski definition) is 4. The van der Waals surface area contributed by atoms with Crippen LogP contribution in [0.5, 0.6) is 0 Å². The lowest BCUT2D eigenvalue weighted by molar-refractivity contribution is -0.119. The van der Waals surface area contributed by atoms with Gasteiger partial charge >= 0.3 is 0 Å². The summed E-state index contributed by atoms with van der Waals surface area (Å²) in [5, 5.41) is 4.13. The fourth-order valence-corrected chi connectivity index (χ4v) is 3.97. The number of rotatable bonds is 9. The summed E-state index contributed by atoms with van der Waals surface area (Å²) in [7, 11) is 0. The van der Waals surface area contributed by atoms with Crippen molar-refractivity contribution in [3.05, 3.63) is 34.6 Å². The van der Waals surface area contributed by atoms with Crippen molar-refractivity contribution < 1.29 is 4.79 Å². The number of thioether (sulfide) groups is 1. The Balaban J connectivity index is 2.31. The molecule has 148 valence electrons. The molecule has 1 amide bonds. The van der Waals surface area contributed by atoms with Crippen LogP contribution in [0.15, 0.2) is 34.2 Å². The standard InChI is InChI=1S/C21H31N3O2S/c1-14(2)9-8-10-16(5)24-20(26)17-11-6-7-12-18(17)23-21(24)27-13-19(25)22-15(3)4/h6-7,11-12,14-16H,8-10,13H2,1-5H3,(H,22,25). The number of nitrogens with zero attached hydrogens (tertiary/aromatic N) is 2. The third-order valence-electron chi connectivity index (χ3n) is 4.40. The first kappa shape index (κ1) is 21.5. The van der Waals surface area contributed by atoms with Crippen LogP contribution < -0.4 is 10.9 Å². The molecule has 5 nitrogen and oxygen atoms in total. The summed E-state index contributed by atoms with van der Waals surface area (Å²) in [6.07, 6.45) is 3.12. The first-order chi connectivity index (χ1) is 12.8. The largest absolute Gasteiger partial charge is 0.353 e. The highest BCUT2D eigenvalue weighted by molar-refractivity contribution is 7.99. The van der Waals surface area contributed by atoms with E-state index in [0.717, 1.165) is 19.3 Å². The number of benzene rings is 1. The Morgan fingerprint density at radius 2 is 1.85 bits per heavy atom. The van der Waals surface area contributed by atoms with Gasteiger partial charge in [0.2, 0.25) is 5.91 Å². The number of nitrogens with one attached hydrogen (secondary N) is 1. The van der Waals surface area contributed by atoms with Crippen LogP contribution in [0.2, 0.25) is 0 Å². The van der Waals surface area contributed by atoms with Crippen LogP contribution in [-0.2, 0) is 4.79 Å². The Labute approximate surface area is 166 Å². The number of carbonyl (C=O) groups excluding carboxylic acids is 1. The summed E-state index contributed by atoms with van der Waals surface area (Å²) < 4.78 is 1.77. The van der Waals surface area contributed by atoms with Crippen LogP contribution in [0.4, 0.5) is 0 Å². The van der Waals surface area contributed by atoms with E-state index < -0.39 is 0 Å². The zero-order chi connectivity index (χ0) is 20.0. The molecule has 1 heterocycles. The smallest absolute Gasteiger partial charge is 0.262 e. The van der Waals surface area contributed by atoms with Crippen LogP contribution in [0, 0.1) is 5.92 Å². The van der Waals surface area contributed by atoms with E-state index >= 15 is 0 Å². The van der Waals surface area contributed by atoms with E-state index in [9.17, 15) is 9.59 Å². The molecule has 1 aromatic heterocycles. The summed E-state index contributed by atoms with van der Waals surface area (Å²) in [6, 6.07) is 7.56. The Bertz CT molecular complexity index is 830. The Morgan fingerprint density at radius 3 is 2.52 bits per heavy atom. The molecule has 1 N–H and O–H groups in total. The van der Waals surface area contributed by atoms with E-state index in [-0.39, 0.29) is 29.3 Å². The Kier molecular flexibility index (Phi) is 7.90. The summed E-state index contributed by atoms with van der Waals surface area (Å²) >= 11 is 1.33. The van der Waals surface area contributed by atoms with E-state index in [1.807, 2.05) is 38.1 Å². The average molecular weight is 390 g/mol. The first-order valence-electron chi connectivity index (χ1n) is 9.73. The van der Waals surface area contributed by atoms with Gasteiger partial charge in [-0.25, -0.2) is 4.98 Å². The van der Waals surface area contributed by atoms with Crippen LogP contribution in [0.1, 0.15) is 59.9 Å². The predicted molar refractivity (Wildman–Crippen MR) is 113 cm³/mol. The maximum Gasteiger partial charge on any atom is 0.262 e. The minimum Gasteiger partial charge on any atom is -0.353 e. The lowest BCUT2D eigenvalue weighted by Gasteiger charge is -2.20. The highest BCUT2D eigenvalue weighted by Crippen LogP contribution is 2.24. The van der Waals surface area contributed by atoms with Gasteiger partial charge in [-0.2, -0.15) is 0 Å². The number of fused-ring (bicyclic) bond motifs is 1. The Hall–Kier alpha value is -1.82. The molecular weight excluding hydrogens is 358 g/mol. The molecule has 1 atom stereocenters. The SMILES string of the molecule is CC(C)CCCC(C)n1c(SCC(=O)NC(C)C)nc2ccccc2c1=O. The fourth-order valence-electron chi connectivity index (χ4n) is 3.06. The highest BCUT2D eigenvalue weighted by Gasteiger charge is 2.17. The number of hydrogen-bond donors (Lipinski definition) is 1. The van der Waals surface area contributed by atoms with E-state index in [4.69, 9.17) is 4.98 Å². The zero-order valence-electron chi connectivity index (χ0n) is 17.0. The topological polar surface area (TPSA) is 64.0 Å². The molecule has 2 rings (SSSR count). The molecule has 0 aliphatic rings. The van der Waals surface area contributed by atoms with Gasteiger partial charge in [0.15, 0.2) is 5.16 Å². The van der Waals surface area contributed by atoms with Crippen molar-refractivity contribution in [3.63, 3.8) is 0 Å². The zero-order valence-corrected chi connectivity index (χ0v) is 17.8. The molecule has 0 saturated carbocycles. The van der Waals surface area contributed by atoms with Crippen LogP contribution in [-0.4, -0.2) is 27.3 Å². The fraction of sp³-hybridized carbons (Fsp3) is 0.571. The quantitative estimate of drug-likeness (QED) is 0.510. The molecule has 1 aromatic carbocycles. The van der Waals surface area contributed by atoms with Crippen molar-refractivity contribution in [2.75, 3.05) is 5.75 Å². The minimum atomic E-state index is -0.0450. The molecule has 1 unspecified atom stereocenters. The molecule has 0 spiro atoms. The second-order valence-electron chi connectivity index (χ2n) is 7.77. The summed E-state index contributed by atoms with van der Waals surface area (Å²) in [5.41, 5.74) is 0.657. The van der Waals surface area contributed by atoms with E-state index in [2.05, 4.69) is 26.1 Å². The molecule has 0 aliphatic heterocycles. The maximum atomic E-state index is 13.1. The van der Waals surface area contributed by atoms with Gasteiger partial charge in [-0.3, -0.25) is 14.2 Å². The molecule has 0 fully saturated rings. The van der Waals surface area contributed by atoms with Crippen LogP contribution >= 0.6 is 11.8 Å². The third-order valence-corrected chi connectivity index (χ3v) is 5.35. The first-order valence-corrected chi connectivity index (χ1v) is 10.7. The van der Waals surface area contributed by atoms with Gasteiger partial charge in [0, 0.05) is 12.1 Å². The Morgan fingerprint density at radius 1 is 1.15 bits per heavy atom. The average Bonchev–Trinajstić information content (AvgIpc) is 2.59. The van der Waals surface area contributed by atoms with Gasteiger partial charge in [-0.15, -0.1) is 0 Å². The second kappa shape index (κ2) is 9.93. The van der Waals surface area contributed by atoms with Crippen molar-refractivity contribution >= 4 is 28.6 Å². The van der Waals surface area contributed by atoms with Gasteiger partial charge in [-0.05, 0) is 45.2 Å². The lowest BCUT2D eigenvalue weighted by Crippen LogP contribution is -2.32. The van der Waals surface area contributed by atoms with Crippen molar-refractivity contribution in [2.45, 2.75) is 71.1 Å². The summed E-state index contributed by atoms with van der Waals surface area (Å²) in [4.78, 5) is 29.9. The highest BCUT2D eigenvalue weighted by atomic mass is 32.2. The van der Waals surface area contributed by atoms with Gasteiger partial charge in [-0.1, -0.05) is 50.6 Å². The van der Waals surface area contributed by atoms with Crippen LogP contribution in [0.3, 0.4) is 0 Å². The van der Waals surface area contributed by atoms with Gasteiger partial charge in [0.25, 0.3) is 5.56 Å². The number of amides is 1. The van der Waals surface area contributed by atoms with Gasteiger partial charge in [0.05, 0.1) is 16.7 Å². The molecule has 2 aromatic rings. The molecule has 6 heteroatoms. The maximum absolute atomic E-state index is 13.1. The summed E-state index contributed by atoms with van der Waals surface area (Å²) in [5.74, 6) is 0.857. The number of aromatic nitrogens is 2. The van der Waals surface area contributed by atoms with Crippen molar-refractivity contribution in [2.24, 2.45) is 5.92 Å². The molecule has 27 heavy (non-hydrogen) atoms. The third kappa shape index (κ3) is 6.09. The molecular formula is C21H31N3O2S. The van der Waals surface area contributed by atoms with Crippen LogP contribution in [0.25, 0.3) is 10.9 Å². The van der Waals surface area contributed by atoms with Crippen molar-refractivity contribution in [3.8, 4) is 0 Å². The predicted octanol–water partition coefficient (Wildman–Crippen LogP) is 4.40. The molecule has 0 radical (unpaired) electrons. The molecule has 0 bridgehead atoms. The number of carbonyl (C=O) groups is 1. The van der Waals surface area contributed by atoms with Gasteiger partial charge < -0.3 is 5.32 Å². The molecule has 0 saturated heterocycles. The monoisotopic (exact) mass is 389 g/mol.